The minimum atomic E-state index is -0.614. The number of para-hydroxylation sites is 2. The highest BCUT2D eigenvalue weighted by molar-refractivity contribution is 6.06. The third-order valence-electron chi connectivity index (χ3n) is 7.86. The van der Waals surface area contributed by atoms with E-state index < -0.39 is 5.91 Å². The first-order valence-electron chi connectivity index (χ1n) is 12.7. The zero-order valence-corrected chi connectivity index (χ0v) is 19.8. The predicted molar refractivity (Wildman–Crippen MR) is 134 cm³/mol. The molecule has 2 N–H and O–H groups in total. The van der Waals surface area contributed by atoms with Gasteiger partial charge in [-0.2, -0.15) is 0 Å². The number of fused-ring (bicyclic) bond motifs is 1. The minimum absolute atomic E-state index is 0.102. The van der Waals surface area contributed by atoms with E-state index in [1.54, 1.807) is 0 Å². The van der Waals surface area contributed by atoms with Gasteiger partial charge in [-0.3, -0.25) is 14.5 Å². The lowest BCUT2D eigenvalue weighted by atomic mass is 9.79. The molecule has 0 bridgehead atoms. The predicted octanol–water partition coefficient (Wildman–Crippen LogP) is 4.98. The average molecular weight is 459 g/mol. The van der Waals surface area contributed by atoms with Crippen molar-refractivity contribution in [3.63, 3.8) is 0 Å². The number of ketones is 1. The van der Waals surface area contributed by atoms with Crippen LogP contribution in [0.3, 0.4) is 0 Å². The third-order valence-corrected chi connectivity index (χ3v) is 7.86. The van der Waals surface area contributed by atoms with Gasteiger partial charge in [0.1, 0.15) is 0 Å². The number of carbonyl (C=O) groups excluding carboxylic acids is 2. The van der Waals surface area contributed by atoms with Gasteiger partial charge in [0.25, 0.3) is 0 Å². The molecule has 0 spiro atoms. The molecule has 2 aliphatic rings. The normalized spacial score (nSPS) is 19.6. The van der Waals surface area contributed by atoms with Crippen LogP contribution in [0.15, 0.2) is 54.6 Å². The van der Waals surface area contributed by atoms with E-state index in [1.807, 2.05) is 24.3 Å². The summed E-state index contributed by atoms with van der Waals surface area (Å²) < 4.78 is 2.08. The Morgan fingerprint density at radius 2 is 1.56 bits per heavy atom. The van der Waals surface area contributed by atoms with E-state index in [0.29, 0.717) is 5.82 Å². The largest absolute Gasteiger partial charge is 0.369 e. The topological polar surface area (TPSA) is 81.2 Å². The Kier molecular flexibility index (Phi) is 6.50. The lowest BCUT2D eigenvalue weighted by Gasteiger charge is -2.48. The molecule has 0 radical (unpaired) electrons. The Labute approximate surface area is 201 Å². The van der Waals surface area contributed by atoms with Crippen LogP contribution in [-0.4, -0.2) is 39.2 Å². The van der Waals surface area contributed by atoms with Gasteiger partial charge in [0, 0.05) is 24.7 Å². The molecule has 1 saturated carbocycles. The highest BCUT2D eigenvalue weighted by atomic mass is 16.2. The molecule has 6 heteroatoms. The Morgan fingerprint density at radius 1 is 0.912 bits per heavy atom. The summed E-state index contributed by atoms with van der Waals surface area (Å²) in [6.07, 6.45) is 9.18. The molecule has 1 saturated heterocycles. The molecule has 1 aliphatic carbocycles. The summed E-state index contributed by atoms with van der Waals surface area (Å²) in [4.78, 5) is 31.7. The molecular formula is C28H34N4O2. The molecule has 6 nitrogen and oxygen atoms in total. The number of carbonyl (C=O) groups is 2. The van der Waals surface area contributed by atoms with E-state index in [-0.39, 0.29) is 23.8 Å². The number of benzene rings is 2. The van der Waals surface area contributed by atoms with Crippen LogP contribution in [0.1, 0.15) is 80.0 Å². The quantitative estimate of drug-likeness (QED) is 0.321. The van der Waals surface area contributed by atoms with E-state index in [0.717, 1.165) is 37.0 Å². The second kappa shape index (κ2) is 9.71. The number of hydrogen-bond donors (Lipinski definition) is 1. The van der Waals surface area contributed by atoms with Crippen LogP contribution < -0.4 is 5.73 Å². The second-order valence-electron chi connectivity index (χ2n) is 9.89. The number of nitrogens with zero attached hydrogens (tertiary/aromatic N) is 3. The number of aromatic nitrogens is 2. The molecule has 34 heavy (non-hydrogen) atoms. The Bertz CT molecular complexity index is 1150. The standard InChI is InChI=1S/C28H34N4O2/c29-26(34)20-25(33)27-30-23-12-6-7-13-24(23)32(27)22-14-18-31(19-15-22)28(16-8-1-2-9-17-28)21-10-4-3-5-11-21/h3-7,10-13,22H,1-2,8-9,14-20H2,(H2,29,34). The van der Waals surface area contributed by atoms with Gasteiger partial charge in [-0.15, -0.1) is 0 Å². The van der Waals surface area contributed by atoms with Gasteiger partial charge in [-0.25, -0.2) is 4.98 Å². The van der Waals surface area contributed by atoms with Gasteiger partial charge in [0.15, 0.2) is 5.82 Å². The number of nitrogens with two attached hydrogens (primary N) is 1. The molecule has 2 heterocycles. The maximum Gasteiger partial charge on any atom is 0.225 e. The molecule has 2 aromatic carbocycles. The molecule has 2 fully saturated rings. The van der Waals surface area contributed by atoms with Crippen molar-refractivity contribution < 1.29 is 9.59 Å². The van der Waals surface area contributed by atoms with Crippen molar-refractivity contribution in [2.24, 2.45) is 5.73 Å². The van der Waals surface area contributed by atoms with E-state index in [9.17, 15) is 9.59 Å². The van der Waals surface area contributed by atoms with Crippen molar-refractivity contribution in [3.05, 3.63) is 66.0 Å². The summed E-state index contributed by atoms with van der Waals surface area (Å²) in [5.74, 6) is -0.544. The summed E-state index contributed by atoms with van der Waals surface area (Å²) in [6.45, 7) is 1.96. The number of imidazole rings is 1. The van der Waals surface area contributed by atoms with E-state index >= 15 is 0 Å². The van der Waals surface area contributed by atoms with Crippen molar-refractivity contribution in [1.29, 1.82) is 0 Å². The third kappa shape index (κ3) is 4.27. The van der Waals surface area contributed by atoms with Crippen LogP contribution in [-0.2, 0) is 10.3 Å². The van der Waals surface area contributed by atoms with Crippen LogP contribution in [0, 0.1) is 0 Å². The van der Waals surface area contributed by atoms with Crippen LogP contribution in [0.4, 0.5) is 0 Å². The van der Waals surface area contributed by atoms with Crippen LogP contribution in [0.2, 0.25) is 0 Å². The van der Waals surface area contributed by atoms with Gasteiger partial charge in [0.2, 0.25) is 11.7 Å². The molecule has 5 rings (SSSR count). The maximum atomic E-state index is 12.9. The first-order chi connectivity index (χ1) is 16.6. The highest BCUT2D eigenvalue weighted by Gasteiger charge is 2.40. The van der Waals surface area contributed by atoms with Crippen LogP contribution >= 0.6 is 0 Å². The summed E-state index contributed by atoms with van der Waals surface area (Å²) in [5.41, 5.74) is 8.63. The summed E-state index contributed by atoms with van der Waals surface area (Å²) in [7, 11) is 0. The Morgan fingerprint density at radius 3 is 2.24 bits per heavy atom. The van der Waals surface area contributed by atoms with Gasteiger partial charge >= 0.3 is 0 Å². The number of hydrogen-bond acceptors (Lipinski definition) is 4. The SMILES string of the molecule is NC(=O)CC(=O)c1nc2ccccc2n1C1CCN(C2(c3ccccc3)CCCCCC2)CC1. The van der Waals surface area contributed by atoms with E-state index in [2.05, 4.69) is 44.8 Å². The zero-order valence-electron chi connectivity index (χ0n) is 19.8. The van der Waals surface area contributed by atoms with Gasteiger partial charge in [0.05, 0.1) is 17.5 Å². The zero-order chi connectivity index (χ0) is 23.5. The number of amides is 1. The molecule has 178 valence electrons. The van der Waals surface area contributed by atoms with Crippen molar-refractivity contribution in [2.45, 2.75) is 69.4 Å². The van der Waals surface area contributed by atoms with Crippen molar-refractivity contribution in [2.75, 3.05) is 13.1 Å². The van der Waals surface area contributed by atoms with Gasteiger partial charge in [-0.05, 0) is 43.4 Å². The minimum Gasteiger partial charge on any atom is -0.369 e. The average Bonchev–Trinajstić information content (AvgIpc) is 3.07. The summed E-state index contributed by atoms with van der Waals surface area (Å²) >= 11 is 0. The fourth-order valence-electron chi connectivity index (χ4n) is 6.25. The Balaban J connectivity index is 1.44. The maximum absolute atomic E-state index is 12.9. The van der Waals surface area contributed by atoms with Gasteiger partial charge in [-0.1, -0.05) is 68.1 Å². The van der Waals surface area contributed by atoms with Crippen molar-refractivity contribution in [3.8, 4) is 0 Å². The Hall–Kier alpha value is -2.99. The molecule has 1 aliphatic heterocycles. The fraction of sp³-hybridized carbons (Fsp3) is 0.464. The lowest BCUT2D eigenvalue weighted by molar-refractivity contribution is -0.117. The summed E-state index contributed by atoms with van der Waals surface area (Å²) in [5, 5.41) is 0. The molecule has 1 aromatic heterocycles. The number of Topliss-reactive ketones (excluding diaryl/α,β-unsaturated/α-hetero) is 1. The van der Waals surface area contributed by atoms with E-state index in [1.165, 1.54) is 44.1 Å². The highest BCUT2D eigenvalue weighted by Crippen LogP contribution is 2.44. The number of likely N-dealkylation sites (tertiary alicyclic amines) is 1. The molecule has 1 amide bonds. The second-order valence-corrected chi connectivity index (χ2v) is 9.89. The number of primary amides is 1. The van der Waals surface area contributed by atoms with Gasteiger partial charge < -0.3 is 10.3 Å². The molecule has 3 aromatic rings. The first kappa shape index (κ1) is 22.8. The fourth-order valence-corrected chi connectivity index (χ4v) is 6.25. The summed E-state index contributed by atoms with van der Waals surface area (Å²) in [6, 6.07) is 19.1. The van der Waals surface area contributed by atoms with E-state index in [4.69, 9.17) is 5.73 Å². The van der Waals surface area contributed by atoms with Crippen LogP contribution in [0.5, 0.6) is 0 Å². The first-order valence-corrected chi connectivity index (χ1v) is 12.7. The molecule has 0 unspecified atom stereocenters. The molecule has 0 atom stereocenters. The number of piperidine rings is 1. The molecular weight excluding hydrogens is 424 g/mol. The van der Waals surface area contributed by atoms with Crippen LogP contribution in [0.25, 0.3) is 11.0 Å². The van der Waals surface area contributed by atoms with Crippen molar-refractivity contribution in [1.82, 2.24) is 14.5 Å². The number of rotatable bonds is 6. The lowest BCUT2D eigenvalue weighted by Crippen LogP contribution is -2.50. The smallest absolute Gasteiger partial charge is 0.225 e. The van der Waals surface area contributed by atoms with Crippen molar-refractivity contribution >= 4 is 22.7 Å². The monoisotopic (exact) mass is 458 g/mol.